The minimum Gasteiger partial charge on any atom is -0.495 e. The Morgan fingerprint density at radius 3 is 2.22 bits per heavy atom. The first-order valence-electron chi connectivity index (χ1n) is 15.8. The number of nitro groups is 1. The third-order valence-electron chi connectivity index (χ3n) is 8.00. The fourth-order valence-electron chi connectivity index (χ4n) is 5.28. The number of methoxy groups -OCH3 is 1. The van der Waals surface area contributed by atoms with E-state index >= 15 is 0 Å². The van der Waals surface area contributed by atoms with E-state index in [2.05, 4.69) is 5.32 Å². The summed E-state index contributed by atoms with van der Waals surface area (Å²) in [6, 6.07) is 20.4. The van der Waals surface area contributed by atoms with Gasteiger partial charge in [-0.15, -0.1) is 0 Å². The van der Waals surface area contributed by atoms with Crippen molar-refractivity contribution in [3.8, 4) is 5.75 Å². The van der Waals surface area contributed by atoms with Gasteiger partial charge in [-0.05, 0) is 54.8 Å². The highest BCUT2D eigenvalue weighted by atomic mass is 35.5. The van der Waals surface area contributed by atoms with Crippen molar-refractivity contribution in [2.24, 2.45) is 5.92 Å². The van der Waals surface area contributed by atoms with Gasteiger partial charge in [0.25, 0.3) is 15.7 Å². The molecule has 0 aromatic heterocycles. The number of nitro benzene ring substituents is 1. The van der Waals surface area contributed by atoms with Crippen LogP contribution in [0.4, 0.5) is 11.4 Å². The highest BCUT2D eigenvalue weighted by Gasteiger charge is 2.37. The summed E-state index contributed by atoms with van der Waals surface area (Å²) in [5, 5.41) is 15.3. The summed E-state index contributed by atoms with van der Waals surface area (Å²) < 4.78 is 35.3. The van der Waals surface area contributed by atoms with Crippen LogP contribution in [0.15, 0.2) is 89.8 Å². The number of ether oxygens (including phenoxy) is 1. The lowest BCUT2D eigenvalue weighted by molar-refractivity contribution is -0.385. The number of anilines is 1. The third kappa shape index (κ3) is 9.70. The van der Waals surface area contributed by atoms with Crippen LogP contribution < -0.4 is 14.4 Å². The minimum absolute atomic E-state index is 0.0496. The smallest absolute Gasteiger partial charge is 0.273 e. The second-order valence-electron chi connectivity index (χ2n) is 12.1. The highest BCUT2D eigenvalue weighted by molar-refractivity contribution is 7.92. The number of hydrogen-bond acceptors (Lipinski definition) is 7. The van der Waals surface area contributed by atoms with Crippen molar-refractivity contribution in [1.29, 1.82) is 0 Å². The van der Waals surface area contributed by atoms with Crippen LogP contribution in [0.2, 0.25) is 15.1 Å². The number of halogens is 3. The van der Waals surface area contributed by atoms with Crippen LogP contribution in [0.3, 0.4) is 0 Å². The molecule has 270 valence electrons. The molecule has 0 unspecified atom stereocenters. The van der Waals surface area contributed by atoms with Gasteiger partial charge in [0, 0.05) is 51.8 Å². The van der Waals surface area contributed by atoms with Crippen LogP contribution in [0.1, 0.15) is 30.5 Å². The summed E-state index contributed by atoms with van der Waals surface area (Å²) in [5.74, 6) is -1.15. The van der Waals surface area contributed by atoms with E-state index in [4.69, 9.17) is 39.5 Å². The van der Waals surface area contributed by atoms with Gasteiger partial charge in [-0.3, -0.25) is 24.0 Å². The number of hydrogen-bond donors (Lipinski definition) is 1. The van der Waals surface area contributed by atoms with E-state index in [1.807, 2.05) is 32.0 Å². The van der Waals surface area contributed by atoms with Gasteiger partial charge in [-0.25, -0.2) is 8.42 Å². The van der Waals surface area contributed by atoms with Crippen LogP contribution in [-0.2, 0) is 32.6 Å². The first-order chi connectivity index (χ1) is 24.1. The maximum atomic E-state index is 14.8. The van der Waals surface area contributed by atoms with Gasteiger partial charge in [0.15, 0.2) is 0 Å². The molecule has 0 spiro atoms. The fraction of sp³-hybridized carbons (Fsp3) is 0.278. The molecule has 1 atom stereocenters. The van der Waals surface area contributed by atoms with Gasteiger partial charge in [-0.1, -0.05) is 91.1 Å². The lowest BCUT2D eigenvalue weighted by atomic mass is 10.0. The van der Waals surface area contributed by atoms with Crippen LogP contribution >= 0.6 is 34.8 Å². The largest absolute Gasteiger partial charge is 0.495 e. The van der Waals surface area contributed by atoms with Crippen molar-refractivity contribution in [1.82, 2.24) is 10.2 Å². The Labute approximate surface area is 312 Å². The molecule has 0 aliphatic heterocycles. The van der Waals surface area contributed by atoms with Gasteiger partial charge >= 0.3 is 0 Å². The predicted octanol–water partition coefficient (Wildman–Crippen LogP) is 7.48. The summed E-state index contributed by atoms with van der Waals surface area (Å²) in [6.45, 7) is 4.51. The van der Waals surface area contributed by atoms with Crippen LogP contribution in [0.25, 0.3) is 0 Å². The summed E-state index contributed by atoms with van der Waals surface area (Å²) in [7, 11) is -3.41. The Hall–Kier alpha value is -4.36. The number of sulfonamides is 1. The van der Waals surface area contributed by atoms with Gasteiger partial charge in [-0.2, -0.15) is 0 Å². The molecule has 4 rings (SSSR count). The van der Waals surface area contributed by atoms with Gasteiger partial charge in [0.1, 0.15) is 18.3 Å². The lowest BCUT2D eigenvalue weighted by Crippen LogP contribution is -2.53. The molecular formula is C36H37Cl3N4O7S. The van der Waals surface area contributed by atoms with E-state index in [0.29, 0.717) is 12.1 Å². The molecule has 4 aromatic carbocycles. The number of benzene rings is 4. The van der Waals surface area contributed by atoms with Gasteiger partial charge in [0.05, 0.1) is 22.6 Å². The van der Waals surface area contributed by atoms with E-state index in [-0.39, 0.29) is 51.0 Å². The van der Waals surface area contributed by atoms with Crippen LogP contribution in [-0.4, -0.2) is 56.3 Å². The standard InChI is InChI=1S/C36H37Cl3N4O7S/c1-23(2)20-40-36(45)33(17-25-9-6-5-7-10-25)41(21-28-29(38)11-8-12-30(28)39)35(44)22-42(32-18-26(37)14-16-34(32)50-4)51(48,49)27-15-13-24(3)31(19-27)43(46)47/h5-16,18-19,23,33H,17,20-22H2,1-4H3,(H,40,45)/t33-/m0/s1. The highest BCUT2D eigenvalue weighted by Crippen LogP contribution is 2.36. The number of carbonyl (C=O) groups is 2. The molecule has 15 heteroatoms. The molecule has 51 heavy (non-hydrogen) atoms. The minimum atomic E-state index is -4.73. The second-order valence-corrected chi connectivity index (χ2v) is 15.2. The number of rotatable bonds is 15. The van der Waals surface area contributed by atoms with Gasteiger partial charge in [0.2, 0.25) is 11.8 Å². The zero-order valence-electron chi connectivity index (χ0n) is 28.3. The summed E-state index contributed by atoms with van der Waals surface area (Å²) in [6.07, 6.45) is 0.0654. The molecule has 0 bridgehead atoms. The SMILES string of the molecule is COc1ccc(Cl)cc1N(CC(=O)N(Cc1c(Cl)cccc1Cl)[C@@H](Cc1ccccc1)C(=O)NCC(C)C)S(=O)(=O)c1ccc(C)c([N+](=O)[O-])c1. The quantitative estimate of drug-likeness (QED) is 0.0976. The van der Waals surface area contributed by atoms with E-state index < -0.39 is 49.9 Å². The topological polar surface area (TPSA) is 139 Å². The summed E-state index contributed by atoms with van der Waals surface area (Å²) >= 11 is 19.5. The van der Waals surface area contributed by atoms with Crippen molar-refractivity contribution in [3.63, 3.8) is 0 Å². The van der Waals surface area contributed by atoms with Crippen molar-refractivity contribution in [2.75, 3.05) is 24.5 Å². The first kappa shape index (κ1) is 39.4. The average molecular weight is 776 g/mol. The van der Waals surface area contributed by atoms with E-state index in [9.17, 15) is 28.1 Å². The maximum Gasteiger partial charge on any atom is 0.273 e. The second kappa shape index (κ2) is 17.2. The Morgan fingerprint density at radius 1 is 0.941 bits per heavy atom. The molecule has 0 saturated heterocycles. The zero-order valence-corrected chi connectivity index (χ0v) is 31.4. The maximum absolute atomic E-state index is 14.8. The molecule has 11 nitrogen and oxygen atoms in total. The predicted molar refractivity (Wildman–Crippen MR) is 199 cm³/mol. The third-order valence-corrected chi connectivity index (χ3v) is 10.7. The molecule has 0 saturated carbocycles. The molecule has 0 radical (unpaired) electrons. The number of amides is 2. The molecule has 2 amide bonds. The van der Waals surface area contributed by atoms with Crippen LogP contribution in [0.5, 0.6) is 5.75 Å². The van der Waals surface area contributed by atoms with Crippen molar-refractivity contribution < 1.29 is 27.7 Å². The lowest BCUT2D eigenvalue weighted by Gasteiger charge is -2.34. The normalized spacial score (nSPS) is 11.9. The van der Waals surface area contributed by atoms with Crippen molar-refractivity contribution in [2.45, 2.75) is 44.7 Å². The molecule has 1 N–H and O–H groups in total. The molecule has 0 heterocycles. The Balaban J connectivity index is 1.92. The number of nitrogens with one attached hydrogen (secondary N) is 1. The molecule has 0 fully saturated rings. The Morgan fingerprint density at radius 2 is 1.61 bits per heavy atom. The van der Waals surface area contributed by atoms with Crippen molar-refractivity contribution in [3.05, 3.63) is 127 Å². The first-order valence-corrected chi connectivity index (χ1v) is 18.4. The number of nitrogens with zero attached hydrogens (tertiary/aromatic N) is 3. The molecule has 4 aromatic rings. The van der Waals surface area contributed by atoms with Gasteiger partial charge < -0.3 is 15.0 Å². The molecule has 0 aliphatic rings. The van der Waals surface area contributed by atoms with E-state index in [1.54, 1.807) is 30.3 Å². The Kier molecular flexibility index (Phi) is 13.3. The van der Waals surface area contributed by atoms with E-state index in [0.717, 1.165) is 15.9 Å². The number of carbonyl (C=O) groups excluding carboxylic acids is 2. The number of aryl methyl sites for hydroxylation is 1. The molecular weight excluding hydrogens is 739 g/mol. The fourth-order valence-corrected chi connectivity index (χ4v) is 7.40. The van der Waals surface area contributed by atoms with Crippen LogP contribution in [0, 0.1) is 23.0 Å². The summed E-state index contributed by atoms with van der Waals surface area (Å²) in [4.78, 5) is 40.7. The average Bonchev–Trinajstić information content (AvgIpc) is 3.09. The monoisotopic (exact) mass is 774 g/mol. The molecule has 0 aliphatic carbocycles. The van der Waals surface area contributed by atoms with E-state index in [1.165, 1.54) is 49.3 Å². The Bertz CT molecular complexity index is 1990. The van der Waals surface area contributed by atoms with Crippen molar-refractivity contribution >= 4 is 68.0 Å². The zero-order chi connectivity index (χ0) is 37.5. The summed E-state index contributed by atoms with van der Waals surface area (Å²) in [5.41, 5.74) is 0.771.